The van der Waals surface area contributed by atoms with Crippen molar-refractivity contribution in [3.8, 4) is 0 Å². The minimum absolute atomic E-state index is 0.408. The van der Waals surface area contributed by atoms with Crippen molar-refractivity contribution >= 4 is 17.0 Å². The zero-order valence-corrected chi connectivity index (χ0v) is 14.3. The molecule has 0 amide bonds. The molecule has 2 rings (SSSR count). The van der Waals surface area contributed by atoms with Crippen LogP contribution < -0.4 is 10.2 Å². The van der Waals surface area contributed by atoms with Gasteiger partial charge in [0.05, 0.1) is 0 Å². The van der Waals surface area contributed by atoms with Crippen molar-refractivity contribution in [2.75, 3.05) is 18.0 Å². The number of hydrogen-bond acceptors (Lipinski definition) is 3. The Kier molecular flexibility index (Phi) is 5.83. The van der Waals surface area contributed by atoms with Crippen molar-refractivity contribution in [2.24, 2.45) is 0 Å². The number of benzene rings is 1. The Morgan fingerprint density at radius 3 is 2.24 bits per heavy atom. The van der Waals surface area contributed by atoms with Crippen LogP contribution in [-0.2, 0) is 6.54 Å². The molecule has 0 aliphatic carbocycles. The number of rotatable bonds is 7. The van der Waals surface area contributed by atoms with E-state index in [0.29, 0.717) is 6.04 Å². The summed E-state index contributed by atoms with van der Waals surface area (Å²) < 4.78 is 0. The minimum Gasteiger partial charge on any atom is -0.372 e. The summed E-state index contributed by atoms with van der Waals surface area (Å²) >= 11 is 1.87. The molecular weight excluding hydrogens is 276 g/mol. The smallest absolute Gasteiger partial charge is 0.0388 e. The zero-order chi connectivity index (χ0) is 15.2. The summed E-state index contributed by atoms with van der Waals surface area (Å²) in [6.45, 7) is 11.8. The quantitative estimate of drug-likeness (QED) is 0.793. The topological polar surface area (TPSA) is 15.3 Å². The predicted octanol–water partition coefficient (Wildman–Crippen LogP) is 4.75. The molecule has 1 N–H and O–H groups in total. The van der Waals surface area contributed by atoms with E-state index in [9.17, 15) is 0 Å². The molecule has 2 aromatic rings. The number of aryl methyl sites for hydroxylation is 1. The molecule has 0 aliphatic heterocycles. The zero-order valence-electron chi connectivity index (χ0n) is 13.5. The second kappa shape index (κ2) is 7.62. The maximum Gasteiger partial charge on any atom is 0.0388 e. The van der Waals surface area contributed by atoms with Gasteiger partial charge >= 0.3 is 0 Å². The van der Waals surface area contributed by atoms with Gasteiger partial charge < -0.3 is 10.2 Å². The average molecular weight is 302 g/mol. The molecule has 1 atom stereocenters. The predicted molar refractivity (Wildman–Crippen MR) is 94.3 cm³/mol. The molecule has 1 aromatic carbocycles. The van der Waals surface area contributed by atoms with E-state index in [1.165, 1.54) is 21.0 Å². The van der Waals surface area contributed by atoms with Crippen molar-refractivity contribution < 1.29 is 0 Å². The van der Waals surface area contributed by atoms with Gasteiger partial charge in [-0.15, -0.1) is 11.3 Å². The van der Waals surface area contributed by atoms with E-state index in [0.717, 1.165) is 19.6 Å². The molecule has 21 heavy (non-hydrogen) atoms. The lowest BCUT2D eigenvalue weighted by molar-refractivity contribution is 0.583. The molecule has 0 aliphatic rings. The molecule has 1 heterocycles. The fourth-order valence-electron chi connectivity index (χ4n) is 2.47. The summed E-state index contributed by atoms with van der Waals surface area (Å²) in [5, 5.41) is 3.60. The van der Waals surface area contributed by atoms with Gasteiger partial charge in [-0.1, -0.05) is 12.1 Å². The SMILES string of the molecule is CCN(CC)c1ccc(CNC(C)c2ccc(C)s2)cc1. The number of anilines is 1. The van der Waals surface area contributed by atoms with E-state index in [-0.39, 0.29) is 0 Å². The first-order valence-electron chi connectivity index (χ1n) is 7.77. The third-order valence-electron chi connectivity index (χ3n) is 3.87. The highest BCUT2D eigenvalue weighted by Crippen LogP contribution is 2.23. The maximum atomic E-state index is 3.60. The fourth-order valence-corrected chi connectivity index (χ4v) is 3.38. The molecule has 0 saturated carbocycles. The van der Waals surface area contributed by atoms with Crippen LogP contribution >= 0.6 is 11.3 Å². The minimum atomic E-state index is 0.408. The molecule has 0 fully saturated rings. The van der Waals surface area contributed by atoms with E-state index in [2.05, 4.69) is 74.3 Å². The van der Waals surface area contributed by atoms with E-state index in [4.69, 9.17) is 0 Å². The summed E-state index contributed by atoms with van der Waals surface area (Å²) in [4.78, 5) is 5.16. The van der Waals surface area contributed by atoms with Gasteiger partial charge in [-0.3, -0.25) is 0 Å². The summed E-state index contributed by atoms with van der Waals surface area (Å²) in [6.07, 6.45) is 0. The Balaban J connectivity index is 1.91. The second-order valence-electron chi connectivity index (χ2n) is 5.39. The molecule has 1 unspecified atom stereocenters. The molecule has 2 nitrogen and oxygen atoms in total. The van der Waals surface area contributed by atoms with Crippen LogP contribution in [0.1, 0.15) is 42.1 Å². The molecule has 3 heteroatoms. The lowest BCUT2D eigenvalue weighted by atomic mass is 10.1. The van der Waals surface area contributed by atoms with Crippen LogP contribution in [0.4, 0.5) is 5.69 Å². The van der Waals surface area contributed by atoms with Crippen LogP contribution in [0.3, 0.4) is 0 Å². The summed E-state index contributed by atoms with van der Waals surface area (Å²) in [5.41, 5.74) is 2.65. The Labute approximate surface area is 132 Å². The van der Waals surface area contributed by atoms with E-state index < -0.39 is 0 Å². The molecule has 0 spiro atoms. The largest absolute Gasteiger partial charge is 0.372 e. The van der Waals surface area contributed by atoms with E-state index in [1.54, 1.807) is 0 Å². The number of thiophene rings is 1. The van der Waals surface area contributed by atoms with Crippen molar-refractivity contribution in [3.05, 3.63) is 51.7 Å². The Morgan fingerprint density at radius 1 is 1.05 bits per heavy atom. The van der Waals surface area contributed by atoms with E-state index >= 15 is 0 Å². The standard InChI is InChI=1S/C18H26N2S/c1-5-20(6-2)17-10-8-16(9-11-17)13-19-15(4)18-12-7-14(3)21-18/h7-12,15,19H,5-6,13H2,1-4H3. The Hall–Kier alpha value is -1.32. The molecule has 0 saturated heterocycles. The Bertz CT molecular complexity index is 541. The molecule has 0 bridgehead atoms. The number of hydrogen-bond donors (Lipinski definition) is 1. The van der Waals surface area contributed by atoms with Gasteiger partial charge in [0.25, 0.3) is 0 Å². The fraction of sp³-hybridized carbons (Fsp3) is 0.444. The van der Waals surface area contributed by atoms with Crippen LogP contribution in [-0.4, -0.2) is 13.1 Å². The van der Waals surface area contributed by atoms with Gasteiger partial charge in [-0.05, 0) is 57.5 Å². The van der Waals surface area contributed by atoms with Crippen molar-refractivity contribution in [1.29, 1.82) is 0 Å². The molecular formula is C18H26N2S. The van der Waals surface area contributed by atoms with Crippen LogP contribution in [0.15, 0.2) is 36.4 Å². The molecule has 1 aromatic heterocycles. The number of nitrogens with one attached hydrogen (secondary N) is 1. The van der Waals surface area contributed by atoms with Gasteiger partial charge in [0, 0.05) is 41.1 Å². The first-order chi connectivity index (χ1) is 10.1. The normalized spacial score (nSPS) is 12.4. The van der Waals surface area contributed by atoms with E-state index in [1.807, 2.05) is 11.3 Å². The highest BCUT2D eigenvalue weighted by molar-refractivity contribution is 7.12. The average Bonchev–Trinajstić information content (AvgIpc) is 2.94. The highest BCUT2D eigenvalue weighted by Gasteiger charge is 2.07. The number of nitrogens with zero attached hydrogens (tertiary/aromatic N) is 1. The lowest BCUT2D eigenvalue weighted by Gasteiger charge is -2.21. The first-order valence-corrected chi connectivity index (χ1v) is 8.59. The summed E-state index contributed by atoms with van der Waals surface area (Å²) in [6, 6.07) is 13.7. The van der Waals surface area contributed by atoms with Gasteiger partial charge in [0.15, 0.2) is 0 Å². The second-order valence-corrected chi connectivity index (χ2v) is 6.71. The monoisotopic (exact) mass is 302 g/mol. The van der Waals surface area contributed by atoms with Gasteiger partial charge in [-0.2, -0.15) is 0 Å². The van der Waals surface area contributed by atoms with Crippen LogP contribution in [0.5, 0.6) is 0 Å². The van der Waals surface area contributed by atoms with Crippen LogP contribution in [0, 0.1) is 6.92 Å². The molecule has 0 radical (unpaired) electrons. The van der Waals surface area contributed by atoms with Crippen LogP contribution in [0.25, 0.3) is 0 Å². The summed E-state index contributed by atoms with van der Waals surface area (Å²) in [7, 11) is 0. The van der Waals surface area contributed by atoms with Crippen molar-refractivity contribution in [2.45, 2.75) is 40.3 Å². The lowest BCUT2D eigenvalue weighted by Crippen LogP contribution is -2.22. The highest BCUT2D eigenvalue weighted by atomic mass is 32.1. The van der Waals surface area contributed by atoms with Gasteiger partial charge in [0.2, 0.25) is 0 Å². The summed E-state index contributed by atoms with van der Waals surface area (Å²) in [5.74, 6) is 0. The van der Waals surface area contributed by atoms with Crippen LogP contribution in [0.2, 0.25) is 0 Å². The third-order valence-corrected chi connectivity index (χ3v) is 5.05. The van der Waals surface area contributed by atoms with Crippen molar-refractivity contribution in [1.82, 2.24) is 5.32 Å². The van der Waals surface area contributed by atoms with Crippen molar-refractivity contribution in [3.63, 3.8) is 0 Å². The third kappa shape index (κ3) is 4.32. The maximum absolute atomic E-state index is 3.60. The van der Waals surface area contributed by atoms with Gasteiger partial charge in [-0.25, -0.2) is 0 Å². The van der Waals surface area contributed by atoms with Gasteiger partial charge in [0.1, 0.15) is 0 Å². The molecule has 114 valence electrons. The Morgan fingerprint density at radius 2 is 1.71 bits per heavy atom. The first kappa shape index (κ1) is 16.1.